The number of benzene rings is 2. The molecule has 0 spiro atoms. The van der Waals surface area contributed by atoms with Gasteiger partial charge in [0, 0.05) is 35.5 Å². The lowest BCUT2D eigenvalue weighted by atomic mass is 10.3. The smallest absolute Gasteiger partial charge is 0.129 e. The molecule has 0 bridgehead atoms. The Morgan fingerprint density at radius 3 is 2.26 bits per heavy atom. The van der Waals surface area contributed by atoms with Gasteiger partial charge in [-0.15, -0.1) is 0 Å². The Morgan fingerprint density at radius 1 is 1.00 bits per heavy atom. The summed E-state index contributed by atoms with van der Waals surface area (Å²) in [6.07, 6.45) is 0. The van der Waals surface area contributed by atoms with Gasteiger partial charge in [-0.1, -0.05) is 11.6 Å². The fraction of sp³-hybridized carbons (Fsp3) is 0.143. The summed E-state index contributed by atoms with van der Waals surface area (Å²) in [5, 5.41) is 3.76. The average molecular weight is 284 g/mol. The molecule has 0 radical (unpaired) electrons. The van der Waals surface area contributed by atoms with Crippen LogP contribution < -0.4 is 10.1 Å². The normalized spacial score (nSPS) is 10.3. The van der Waals surface area contributed by atoms with E-state index in [9.17, 15) is 8.78 Å². The van der Waals surface area contributed by atoms with E-state index >= 15 is 0 Å². The third kappa shape index (κ3) is 4.41. The number of nitrogens with one attached hydrogen (secondary N) is 1. The van der Waals surface area contributed by atoms with Gasteiger partial charge >= 0.3 is 0 Å². The van der Waals surface area contributed by atoms with Crippen molar-refractivity contribution in [1.82, 2.24) is 0 Å². The van der Waals surface area contributed by atoms with E-state index in [0.717, 1.165) is 23.9 Å². The highest BCUT2D eigenvalue weighted by Gasteiger charge is 2.01. The molecule has 2 nitrogen and oxygen atoms in total. The predicted molar refractivity (Wildman–Crippen MR) is 71.8 cm³/mol. The molecule has 2 aromatic rings. The first-order chi connectivity index (χ1) is 9.13. The van der Waals surface area contributed by atoms with E-state index in [0.29, 0.717) is 18.2 Å². The maximum absolute atomic E-state index is 12.9. The standard InChI is InChI=1S/C14H12ClF2NO/c15-10-1-3-13(4-2-10)18-5-6-19-14-8-11(16)7-12(17)9-14/h1-4,7-9,18H,5-6H2. The van der Waals surface area contributed by atoms with E-state index in [4.69, 9.17) is 16.3 Å². The Hall–Kier alpha value is -1.81. The Balaban J connectivity index is 1.79. The molecule has 0 atom stereocenters. The molecular formula is C14H12ClF2NO. The van der Waals surface area contributed by atoms with Crippen molar-refractivity contribution in [2.45, 2.75) is 0 Å². The van der Waals surface area contributed by atoms with Crippen LogP contribution in [0.1, 0.15) is 0 Å². The van der Waals surface area contributed by atoms with Crippen molar-refractivity contribution in [2.75, 3.05) is 18.5 Å². The summed E-state index contributed by atoms with van der Waals surface area (Å²) in [7, 11) is 0. The first-order valence-corrected chi connectivity index (χ1v) is 6.09. The molecule has 0 fully saturated rings. The van der Waals surface area contributed by atoms with Crippen LogP contribution in [0.5, 0.6) is 5.75 Å². The van der Waals surface area contributed by atoms with Gasteiger partial charge in [-0.05, 0) is 24.3 Å². The second-order valence-electron chi connectivity index (χ2n) is 3.89. The summed E-state index contributed by atoms with van der Waals surface area (Å²) in [5.41, 5.74) is 0.901. The molecule has 0 unspecified atom stereocenters. The Bertz CT molecular complexity index is 525. The Morgan fingerprint density at radius 2 is 1.63 bits per heavy atom. The lowest BCUT2D eigenvalue weighted by molar-refractivity contribution is 0.329. The Kier molecular flexibility index (Phi) is 4.58. The lowest BCUT2D eigenvalue weighted by Gasteiger charge is -2.09. The van der Waals surface area contributed by atoms with E-state index in [1.54, 1.807) is 12.1 Å². The lowest BCUT2D eigenvalue weighted by Crippen LogP contribution is -2.11. The van der Waals surface area contributed by atoms with Crippen molar-refractivity contribution in [3.8, 4) is 5.75 Å². The molecule has 0 amide bonds. The second kappa shape index (κ2) is 6.38. The third-order valence-electron chi connectivity index (χ3n) is 2.38. The molecule has 2 aromatic carbocycles. The molecule has 0 saturated heterocycles. The third-order valence-corrected chi connectivity index (χ3v) is 2.63. The van der Waals surface area contributed by atoms with Gasteiger partial charge in [0.15, 0.2) is 0 Å². The highest BCUT2D eigenvalue weighted by atomic mass is 35.5. The maximum atomic E-state index is 12.9. The SMILES string of the molecule is Fc1cc(F)cc(OCCNc2ccc(Cl)cc2)c1. The summed E-state index contributed by atoms with van der Waals surface area (Å²) >= 11 is 5.76. The van der Waals surface area contributed by atoms with Crippen molar-refractivity contribution >= 4 is 17.3 Å². The van der Waals surface area contributed by atoms with Crippen LogP contribution in [-0.4, -0.2) is 13.2 Å². The fourth-order valence-electron chi connectivity index (χ4n) is 1.54. The minimum Gasteiger partial charge on any atom is -0.492 e. The number of rotatable bonds is 5. The number of hydrogen-bond donors (Lipinski definition) is 1. The molecule has 0 aliphatic rings. The topological polar surface area (TPSA) is 21.3 Å². The molecule has 1 N–H and O–H groups in total. The summed E-state index contributed by atoms with van der Waals surface area (Å²) < 4.78 is 31.0. The zero-order chi connectivity index (χ0) is 13.7. The molecule has 2 rings (SSSR count). The zero-order valence-corrected chi connectivity index (χ0v) is 10.8. The summed E-state index contributed by atoms with van der Waals surface area (Å²) in [4.78, 5) is 0. The molecule has 100 valence electrons. The van der Waals surface area contributed by atoms with Crippen molar-refractivity contribution in [3.63, 3.8) is 0 Å². The fourth-order valence-corrected chi connectivity index (χ4v) is 1.67. The van der Waals surface area contributed by atoms with Gasteiger partial charge < -0.3 is 10.1 Å². The number of halogens is 3. The van der Waals surface area contributed by atoms with E-state index in [1.807, 2.05) is 12.1 Å². The first kappa shape index (κ1) is 13.6. The van der Waals surface area contributed by atoms with Gasteiger partial charge in [-0.3, -0.25) is 0 Å². The van der Waals surface area contributed by atoms with Crippen molar-refractivity contribution in [1.29, 1.82) is 0 Å². The van der Waals surface area contributed by atoms with Gasteiger partial charge in [0.2, 0.25) is 0 Å². The van der Waals surface area contributed by atoms with Crippen LogP contribution in [0, 0.1) is 11.6 Å². The van der Waals surface area contributed by atoms with Gasteiger partial charge in [0.1, 0.15) is 24.0 Å². The summed E-state index contributed by atoms with van der Waals surface area (Å²) in [6.45, 7) is 0.811. The van der Waals surface area contributed by atoms with Crippen LogP contribution in [-0.2, 0) is 0 Å². The molecule has 0 heterocycles. The number of anilines is 1. The first-order valence-electron chi connectivity index (χ1n) is 5.72. The molecule has 0 saturated carbocycles. The molecule has 0 aliphatic carbocycles. The van der Waals surface area contributed by atoms with Crippen molar-refractivity contribution in [2.24, 2.45) is 0 Å². The van der Waals surface area contributed by atoms with Crippen molar-refractivity contribution in [3.05, 3.63) is 59.1 Å². The van der Waals surface area contributed by atoms with E-state index in [2.05, 4.69) is 5.32 Å². The van der Waals surface area contributed by atoms with Crippen LogP contribution in [0.4, 0.5) is 14.5 Å². The minimum atomic E-state index is -0.652. The number of hydrogen-bond acceptors (Lipinski definition) is 2. The minimum absolute atomic E-state index is 0.176. The highest BCUT2D eigenvalue weighted by molar-refractivity contribution is 6.30. The van der Waals surface area contributed by atoms with Crippen LogP contribution in [0.3, 0.4) is 0 Å². The highest BCUT2D eigenvalue weighted by Crippen LogP contribution is 2.16. The van der Waals surface area contributed by atoms with E-state index in [1.165, 1.54) is 0 Å². The number of ether oxygens (including phenoxy) is 1. The van der Waals surface area contributed by atoms with E-state index in [-0.39, 0.29) is 5.75 Å². The molecule has 19 heavy (non-hydrogen) atoms. The van der Waals surface area contributed by atoms with Crippen molar-refractivity contribution < 1.29 is 13.5 Å². The van der Waals surface area contributed by atoms with Gasteiger partial charge in [0.05, 0.1) is 0 Å². The molecule has 0 aromatic heterocycles. The largest absolute Gasteiger partial charge is 0.492 e. The molecule has 5 heteroatoms. The quantitative estimate of drug-likeness (QED) is 0.834. The summed E-state index contributed by atoms with van der Waals surface area (Å²) in [6, 6.07) is 10.3. The van der Waals surface area contributed by atoms with Gasteiger partial charge in [0.25, 0.3) is 0 Å². The average Bonchev–Trinajstić information content (AvgIpc) is 2.36. The maximum Gasteiger partial charge on any atom is 0.129 e. The van der Waals surface area contributed by atoms with Crippen LogP contribution in [0.25, 0.3) is 0 Å². The van der Waals surface area contributed by atoms with Gasteiger partial charge in [-0.25, -0.2) is 8.78 Å². The van der Waals surface area contributed by atoms with Crippen LogP contribution in [0.2, 0.25) is 5.02 Å². The van der Waals surface area contributed by atoms with Crippen LogP contribution in [0.15, 0.2) is 42.5 Å². The zero-order valence-electron chi connectivity index (χ0n) is 10.00. The monoisotopic (exact) mass is 283 g/mol. The second-order valence-corrected chi connectivity index (χ2v) is 4.32. The molecular weight excluding hydrogens is 272 g/mol. The Labute approximate surface area is 115 Å². The van der Waals surface area contributed by atoms with Crippen LogP contribution >= 0.6 is 11.6 Å². The predicted octanol–water partition coefficient (Wildman–Crippen LogP) is 4.11. The summed E-state index contributed by atoms with van der Waals surface area (Å²) in [5.74, 6) is -1.13. The molecule has 0 aliphatic heterocycles. The van der Waals surface area contributed by atoms with E-state index < -0.39 is 11.6 Å². The van der Waals surface area contributed by atoms with Gasteiger partial charge in [-0.2, -0.15) is 0 Å².